The molecule has 4 rings (SSSR count). The maximum Gasteiger partial charge on any atom is 0.230 e. The number of carbonyl (C=O) groups excluding carboxylic acids is 1. The number of nitrogens with zero attached hydrogens (tertiary/aromatic N) is 2. The van der Waals surface area contributed by atoms with Crippen LogP contribution in [0, 0.1) is 11.3 Å². The molecule has 0 bridgehead atoms. The standard InChI is InChI=1S/C27H38N4O2/c1-19-9-8-10-20(2)30(19)15-6-3-7-16-31-24-12-5-4-11-21(24)17-22(27(31)32)18-23-13-14-25(33-23)26(28)29/h4-5,11-14,19-20,22H,3,6-10,15-18H2,1-2H3,(H3,28,29)/t19-,20+,22?. The van der Waals surface area contributed by atoms with E-state index in [2.05, 4.69) is 30.9 Å². The molecule has 6 heteroatoms. The molecule has 2 aliphatic heterocycles. The van der Waals surface area contributed by atoms with E-state index in [1.165, 1.54) is 31.2 Å². The van der Waals surface area contributed by atoms with E-state index >= 15 is 0 Å². The van der Waals surface area contributed by atoms with E-state index in [1.807, 2.05) is 23.1 Å². The van der Waals surface area contributed by atoms with Crippen LogP contribution in [0.25, 0.3) is 0 Å². The van der Waals surface area contributed by atoms with Gasteiger partial charge in [-0.05, 0) is 76.3 Å². The predicted molar refractivity (Wildman–Crippen MR) is 133 cm³/mol. The van der Waals surface area contributed by atoms with Crippen molar-refractivity contribution in [2.24, 2.45) is 11.7 Å². The van der Waals surface area contributed by atoms with Gasteiger partial charge >= 0.3 is 0 Å². The highest BCUT2D eigenvalue weighted by molar-refractivity contribution is 5.98. The predicted octanol–water partition coefficient (Wildman–Crippen LogP) is 4.74. The van der Waals surface area contributed by atoms with Crippen LogP contribution in [0.4, 0.5) is 5.69 Å². The number of nitrogens with two attached hydrogens (primary N) is 1. The maximum atomic E-state index is 13.4. The molecular weight excluding hydrogens is 412 g/mol. The minimum atomic E-state index is -0.152. The number of rotatable bonds is 9. The van der Waals surface area contributed by atoms with Crippen LogP contribution in [0.1, 0.15) is 69.5 Å². The summed E-state index contributed by atoms with van der Waals surface area (Å²) in [5.74, 6) is 1.01. The minimum Gasteiger partial charge on any atom is -0.458 e. The second-order valence-electron chi connectivity index (χ2n) is 9.83. The van der Waals surface area contributed by atoms with Gasteiger partial charge in [0.15, 0.2) is 11.6 Å². The third kappa shape index (κ3) is 5.49. The van der Waals surface area contributed by atoms with Crippen molar-refractivity contribution in [3.8, 4) is 0 Å². The summed E-state index contributed by atoms with van der Waals surface area (Å²) in [6.45, 7) is 6.63. The molecule has 0 saturated carbocycles. The van der Waals surface area contributed by atoms with Gasteiger partial charge in [-0.2, -0.15) is 0 Å². The Morgan fingerprint density at radius 2 is 1.79 bits per heavy atom. The molecule has 1 fully saturated rings. The van der Waals surface area contributed by atoms with Gasteiger partial charge in [-0.3, -0.25) is 15.1 Å². The highest BCUT2D eigenvalue weighted by Gasteiger charge is 2.33. The zero-order valence-corrected chi connectivity index (χ0v) is 20.1. The lowest BCUT2D eigenvalue weighted by molar-refractivity contribution is -0.122. The average molecular weight is 451 g/mol. The van der Waals surface area contributed by atoms with E-state index in [9.17, 15) is 4.79 Å². The van der Waals surface area contributed by atoms with Crippen molar-refractivity contribution in [3.05, 3.63) is 53.5 Å². The van der Waals surface area contributed by atoms with Crippen molar-refractivity contribution in [1.82, 2.24) is 4.90 Å². The van der Waals surface area contributed by atoms with Crippen LogP contribution in [-0.4, -0.2) is 41.8 Å². The van der Waals surface area contributed by atoms with Gasteiger partial charge in [0.25, 0.3) is 0 Å². The van der Waals surface area contributed by atoms with Crippen molar-refractivity contribution >= 4 is 17.4 Å². The number of amides is 1. The summed E-state index contributed by atoms with van der Waals surface area (Å²) in [4.78, 5) is 18.1. The number of benzene rings is 1. The Kier molecular flexibility index (Phi) is 7.53. The number of nitrogens with one attached hydrogen (secondary N) is 1. The summed E-state index contributed by atoms with van der Waals surface area (Å²) in [5.41, 5.74) is 7.80. The van der Waals surface area contributed by atoms with E-state index in [-0.39, 0.29) is 17.7 Å². The molecule has 178 valence electrons. The minimum absolute atomic E-state index is 0.0865. The number of furan rings is 1. The molecule has 1 aromatic carbocycles. The van der Waals surface area contributed by atoms with Gasteiger partial charge in [0.05, 0.1) is 0 Å². The van der Waals surface area contributed by atoms with E-state index in [4.69, 9.17) is 15.6 Å². The van der Waals surface area contributed by atoms with E-state index in [0.29, 0.717) is 36.4 Å². The number of hydrogen-bond acceptors (Lipinski definition) is 4. The number of hydrogen-bond donors (Lipinski definition) is 2. The lowest BCUT2D eigenvalue weighted by Crippen LogP contribution is -2.44. The average Bonchev–Trinajstić information content (AvgIpc) is 3.26. The highest BCUT2D eigenvalue weighted by atomic mass is 16.3. The fraction of sp³-hybridized carbons (Fsp3) is 0.556. The number of carbonyl (C=O) groups is 1. The number of anilines is 1. The third-order valence-electron chi connectivity index (χ3n) is 7.41. The molecule has 1 unspecified atom stereocenters. The van der Waals surface area contributed by atoms with Crippen LogP contribution in [0.15, 0.2) is 40.8 Å². The zero-order chi connectivity index (χ0) is 23.4. The van der Waals surface area contributed by atoms with Crippen LogP contribution in [0.5, 0.6) is 0 Å². The lowest BCUT2D eigenvalue weighted by atomic mass is 9.88. The fourth-order valence-corrected chi connectivity index (χ4v) is 5.56. The van der Waals surface area contributed by atoms with Crippen LogP contribution >= 0.6 is 0 Å². The van der Waals surface area contributed by atoms with Crippen LogP contribution in [0.2, 0.25) is 0 Å². The Labute approximate surface area is 197 Å². The Hall–Kier alpha value is -2.60. The molecule has 2 aromatic rings. The van der Waals surface area contributed by atoms with Crippen molar-refractivity contribution in [2.75, 3.05) is 18.0 Å². The summed E-state index contributed by atoms with van der Waals surface area (Å²) in [6, 6.07) is 13.2. The monoisotopic (exact) mass is 450 g/mol. The SMILES string of the molecule is C[C@@H]1CCC[C@H](C)N1CCCCCN1C(=O)C(Cc2ccc(C(=N)N)o2)Cc2ccccc21. The number of fused-ring (bicyclic) bond motifs is 1. The van der Waals surface area contributed by atoms with Gasteiger partial charge < -0.3 is 15.1 Å². The highest BCUT2D eigenvalue weighted by Crippen LogP contribution is 2.33. The van der Waals surface area contributed by atoms with Crippen LogP contribution in [-0.2, 0) is 17.6 Å². The van der Waals surface area contributed by atoms with Crippen LogP contribution < -0.4 is 10.6 Å². The Balaban J connectivity index is 1.35. The Bertz CT molecular complexity index is 959. The first kappa shape index (κ1) is 23.6. The largest absolute Gasteiger partial charge is 0.458 e. The van der Waals surface area contributed by atoms with E-state index in [0.717, 1.165) is 31.6 Å². The molecule has 3 N–H and O–H groups in total. The molecule has 0 radical (unpaired) electrons. The number of likely N-dealkylation sites (tertiary alicyclic amines) is 1. The molecule has 1 aromatic heterocycles. The molecule has 3 atom stereocenters. The lowest BCUT2D eigenvalue weighted by Gasteiger charge is -2.39. The smallest absolute Gasteiger partial charge is 0.230 e. The second kappa shape index (κ2) is 10.6. The number of unbranched alkanes of at least 4 members (excludes halogenated alkanes) is 2. The topological polar surface area (TPSA) is 86.6 Å². The second-order valence-corrected chi connectivity index (χ2v) is 9.83. The van der Waals surface area contributed by atoms with E-state index < -0.39 is 0 Å². The number of para-hydroxylation sites is 1. The summed E-state index contributed by atoms with van der Waals surface area (Å²) >= 11 is 0. The molecule has 6 nitrogen and oxygen atoms in total. The molecular formula is C27H38N4O2. The summed E-state index contributed by atoms with van der Waals surface area (Å²) < 4.78 is 5.68. The summed E-state index contributed by atoms with van der Waals surface area (Å²) in [5, 5.41) is 7.54. The molecule has 1 amide bonds. The quantitative estimate of drug-likeness (QED) is 0.328. The first-order valence-corrected chi connectivity index (χ1v) is 12.5. The van der Waals surface area contributed by atoms with E-state index in [1.54, 1.807) is 6.07 Å². The number of amidine groups is 1. The van der Waals surface area contributed by atoms with Gasteiger partial charge in [0, 0.05) is 36.7 Å². The zero-order valence-electron chi connectivity index (χ0n) is 20.1. The van der Waals surface area contributed by atoms with Gasteiger partial charge in [-0.25, -0.2) is 0 Å². The Morgan fingerprint density at radius 3 is 2.52 bits per heavy atom. The van der Waals surface area contributed by atoms with Gasteiger partial charge in [-0.1, -0.05) is 31.0 Å². The Morgan fingerprint density at radius 1 is 1.06 bits per heavy atom. The number of nitrogen functional groups attached to an aromatic ring is 1. The molecule has 2 aliphatic rings. The first-order valence-electron chi connectivity index (χ1n) is 12.5. The van der Waals surface area contributed by atoms with Crippen molar-refractivity contribution < 1.29 is 9.21 Å². The third-order valence-corrected chi connectivity index (χ3v) is 7.41. The van der Waals surface area contributed by atoms with Crippen LogP contribution in [0.3, 0.4) is 0 Å². The molecule has 3 heterocycles. The van der Waals surface area contributed by atoms with Gasteiger partial charge in [0.1, 0.15) is 5.76 Å². The maximum absolute atomic E-state index is 13.4. The molecule has 0 spiro atoms. The van der Waals surface area contributed by atoms with Crippen molar-refractivity contribution in [1.29, 1.82) is 5.41 Å². The van der Waals surface area contributed by atoms with Gasteiger partial charge in [-0.15, -0.1) is 0 Å². The molecule has 33 heavy (non-hydrogen) atoms. The van der Waals surface area contributed by atoms with Crippen molar-refractivity contribution in [2.45, 2.75) is 77.3 Å². The summed E-state index contributed by atoms with van der Waals surface area (Å²) in [6.07, 6.45) is 8.55. The summed E-state index contributed by atoms with van der Waals surface area (Å²) in [7, 11) is 0. The molecule has 1 saturated heterocycles. The fourth-order valence-electron chi connectivity index (χ4n) is 5.56. The van der Waals surface area contributed by atoms with Crippen molar-refractivity contribution in [3.63, 3.8) is 0 Å². The number of piperidine rings is 1. The molecule has 0 aliphatic carbocycles. The first-order chi connectivity index (χ1) is 15.9. The van der Waals surface area contributed by atoms with Gasteiger partial charge in [0.2, 0.25) is 5.91 Å². The normalized spacial score (nSPS) is 23.5.